The standard InChI is InChI=1S/C16H22BrNO2/c1-11(2)13(10-18-3)7-12-8-14(17)16-15(9-12)19-5-4-6-20-16/h7-9,11,18H,4-6,10H2,1-3H3. The highest BCUT2D eigenvalue weighted by Gasteiger charge is 2.15. The average molecular weight is 340 g/mol. The van der Waals surface area contributed by atoms with Crippen LogP contribution in [0.2, 0.25) is 0 Å². The van der Waals surface area contributed by atoms with Crippen molar-refractivity contribution in [3.05, 3.63) is 27.7 Å². The van der Waals surface area contributed by atoms with Gasteiger partial charge in [-0.05, 0) is 46.6 Å². The van der Waals surface area contributed by atoms with Crippen LogP contribution < -0.4 is 14.8 Å². The fourth-order valence-corrected chi connectivity index (χ4v) is 2.75. The largest absolute Gasteiger partial charge is 0.489 e. The Hall–Kier alpha value is -1.00. The van der Waals surface area contributed by atoms with Crippen molar-refractivity contribution in [2.24, 2.45) is 5.92 Å². The zero-order valence-electron chi connectivity index (χ0n) is 12.3. The molecule has 1 aliphatic rings. The van der Waals surface area contributed by atoms with Crippen LogP contribution >= 0.6 is 15.9 Å². The molecule has 4 heteroatoms. The highest BCUT2D eigenvalue weighted by atomic mass is 79.9. The third-order valence-corrected chi connectivity index (χ3v) is 3.89. The van der Waals surface area contributed by atoms with Crippen LogP contribution in [0, 0.1) is 5.92 Å². The summed E-state index contributed by atoms with van der Waals surface area (Å²) >= 11 is 3.58. The Morgan fingerprint density at radius 1 is 1.35 bits per heavy atom. The van der Waals surface area contributed by atoms with Gasteiger partial charge >= 0.3 is 0 Å². The fourth-order valence-electron chi connectivity index (χ4n) is 2.17. The van der Waals surface area contributed by atoms with Crippen LogP contribution in [0.15, 0.2) is 22.2 Å². The van der Waals surface area contributed by atoms with Crippen molar-refractivity contribution in [2.75, 3.05) is 26.8 Å². The molecule has 1 N–H and O–H groups in total. The molecule has 20 heavy (non-hydrogen) atoms. The molecule has 0 aromatic heterocycles. The fraction of sp³-hybridized carbons (Fsp3) is 0.500. The summed E-state index contributed by atoms with van der Waals surface area (Å²) < 4.78 is 12.5. The maximum absolute atomic E-state index is 5.77. The van der Waals surface area contributed by atoms with Gasteiger partial charge in [-0.15, -0.1) is 0 Å². The van der Waals surface area contributed by atoms with Crippen LogP contribution in [-0.2, 0) is 0 Å². The minimum Gasteiger partial charge on any atom is -0.489 e. The lowest BCUT2D eigenvalue weighted by Gasteiger charge is -2.13. The normalized spacial score (nSPS) is 15.3. The molecule has 1 aromatic carbocycles. The number of ether oxygens (including phenoxy) is 2. The predicted octanol–water partition coefficient (Wildman–Crippen LogP) is 3.87. The molecule has 0 bridgehead atoms. The van der Waals surface area contributed by atoms with Crippen LogP contribution in [0.1, 0.15) is 25.8 Å². The highest BCUT2D eigenvalue weighted by Crippen LogP contribution is 2.38. The van der Waals surface area contributed by atoms with E-state index in [0.29, 0.717) is 19.1 Å². The zero-order valence-corrected chi connectivity index (χ0v) is 13.9. The van der Waals surface area contributed by atoms with E-state index >= 15 is 0 Å². The molecule has 0 aliphatic carbocycles. The van der Waals surface area contributed by atoms with E-state index in [1.54, 1.807) is 0 Å². The number of hydrogen-bond acceptors (Lipinski definition) is 3. The van der Waals surface area contributed by atoms with Crippen molar-refractivity contribution in [1.29, 1.82) is 0 Å². The molecule has 0 spiro atoms. The van der Waals surface area contributed by atoms with Crippen LogP contribution in [0.3, 0.4) is 0 Å². The van der Waals surface area contributed by atoms with Gasteiger partial charge < -0.3 is 14.8 Å². The van der Waals surface area contributed by atoms with E-state index in [1.807, 2.05) is 7.05 Å². The van der Waals surface area contributed by atoms with E-state index in [2.05, 4.69) is 53.3 Å². The molecular formula is C16H22BrNO2. The average Bonchev–Trinajstić information content (AvgIpc) is 2.63. The summed E-state index contributed by atoms with van der Waals surface area (Å²) in [5.41, 5.74) is 2.51. The second kappa shape index (κ2) is 7.14. The van der Waals surface area contributed by atoms with Gasteiger partial charge in [0.2, 0.25) is 0 Å². The molecule has 0 fully saturated rings. The van der Waals surface area contributed by atoms with Gasteiger partial charge in [0.1, 0.15) is 0 Å². The summed E-state index contributed by atoms with van der Waals surface area (Å²) in [6, 6.07) is 4.15. The number of halogens is 1. The molecule has 110 valence electrons. The first-order valence-electron chi connectivity index (χ1n) is 7.06. The van der Waals surface area contributed by atoms with E-state index in [-0.39, 0.29) is 0 Å². The predicted molar refractivity (Wildman–Crippen MR) is 86.5 cm³/mol. The summed E-state index contributed by atoms with van der Waals surface area (Å²) in [6.07, 6.45) is 3.14. The van der Waals surface area contributed by atoms with Crippen molar-refractivity contribution >= 4 is 22.0 Å². The van der Waals surface area contributed by atoms with Gasteiger partial charge in [-0.25, -0.2) is 0 Å². The van der Waals surface area contributed by atoms with Crippen LogP contribution in [0.4, 0.5) is 0 Å². The lowest BCUT2D eigenvalue weighted by molar-refractivity contribution is 0.296. The molecule has 0 radical (unpaired) electrons. The summed E-state index contributed by atoms with van der Waals surface area (Å²) in [7, 11) is 1.97. The Morgan fingerprint density at radius 3 is 2.80 bits per heavy atom. The van der Waals surface area contributed by atoms with Gasteiger partial charge in [0, 0.05) is 13.0 Å². The van der Waals surface area contributed by atoms with E-state index in [4.69, 9.17) is 9.47 Å². The third-order valence-electron chi connectivity index (χ3n) is 3.30. The first-order chi connectivity index (χ1) is 9.61. The zero-order chi connectivity index (χ0) is 14.5. The second-order valence-electron chi connectivity index (χ2n) is 5.28. The van der Waals surface area contributed by atoms with E-state index in [9.17, 15) is 0 Å². The van der Waals surface area contributed by atoms with E-state index < -0.39 is 0 Å². The second-order valence-corrected chi connectivity index (χ2v) is 6.14. The first-order valence-corrected chi connectivity index (χ1v) is 7.85. The van der Waals surface area contributed by atoms with E-state index in [1.165, 1.54) is 5.57 Å². The SMILES string of the molecule is CNCC(=Cc1cc(Br)c2c(c1)OCCCO2)C(C)C. The summed E-state index contributed by atoms with van der Waals surface area (Å²) in [5.74, 6) is 2.16. The summed E-state index contributed by atoms with van der Waals surface area (Å²) in [5, 5.41) is 3.22. The van der Waals surface area contributed by atoms with Crippen molar-refractivity contribution in [2.45, 2.75) is 20.3 Å². The molecular weight excluding hydrogens is 318 g/mol. The minimum atomic E-state index is 0.511. The van der Waals surface area contributed by atoms with Crippen LogP contribution in [-0.4, -0.2) is 26.8 Å². The van der Waals surface area contributed by atoms with Crippen molar-refractivity contribution in [3.63, 3.8) is 0 Å². The number of likely N-dealkylation sites (N-methyl/N-ethyl adjacent to an activating group) is 1. The summed E-state index contributed by atoms with van der Waals surface area (Å²) in [4.78, 5) is 0. The monoisotopic (exact) mass is 339 g/mol. The number of nitrogens with one attached hydrogen (secondary N) is 1. The van der Waals surface area contributed by atoms with Gasteiger partial charge in [-0.1, -0.05) is 25.5 Å². The molecule has 0 unspecified atom stereocenters. The molecule has 3 nitrogen and oxygen atoms in total. The van der Waals surface area contributed by atoms with Crippen molar-refractivity contribution in [1.82, 2.24) is 5.32 Å². The molecule has 1 aromatic rings. The Labute approximate surface area is 129 Å². The third kappa shape index (κ3) is 3.76. The highest BCUT2D eigenvalue weighted by molar-refractivity contribution is 9.10. The first kappa shape index (κ1) is 15.4. The molecule has 2 rings (SSSR count). The molecule has 0 amide bonds. The molecule has 0 saturated carbocycles. The minimum absolute atomic E-state index is 0.511. The molecule has 0 saturated heterocycles. The molecule has 1 heterocycles. The summed E-state index contributed by atoms with van der Waals surface area (Å²) in [6.45, 7) is 6.73. The van der Waals surface area contributed by atoms with Gasteiger partial charge in [-0.3, -0.25) is 0 Å². The number of fused-ring (bicyclic) bond motifs is 1. The van der Waals surface area contributed by atoms with E-state index in [0.717, 1.165) is 34.5 Å². The molecule has 1 aliphatic heterocycles. The smallest absolute Gasteiger partial charge is 0.175 e. The van der Waals surface area contributed by atoms with Crippen molar-refractivity contribution in [3.8, 4) is 11.5 Å². The number of rotatable bonds is 4. The van der Waals surface area contributed by atoms with Crippen LogP contribution in [0.5, 0.6) is 11.5 Å². The topological polar surface area (TPSA) is 30.5 Å². The Balaban J connectivity index is 2.35. The lowest BCUT2D eigenvalue weighted by Crippen LogP contribution is -2.13. The van der Waals surface area contributed by atoms with Crippen molar-refractivity contribution < 1.29 is 9.47 Å². The van der Waals surface area contributed by atoms with Crippen LogP contribution in [0.25, 0.3) is 6.08 Å². The van der Waals surface area contributed by atoms with Gasteiger partial charge in [0.25, 0.3) is 0 Å². The number of hydrogen-bond donors (Lipinski definition) is 1. The number of benzene rings is 1. The quantitative estimate of drug-likeness (QED) is 0.903. The lowest BCUT2D eigenvalue weighted by atomic mass is 10.00. The maximum Gasteiger partial charge on any atom is 0.175 e. The van der Waals surface area contributed by atoms with Gasteiger partial charge in [-0.2, -0.15) is 0 Å². The Morgan fingerprint density at radius 2 is 2.10 bits per heavy atom. The Kier molecular flexibility index (Phi) is 5.49. The maximum atomic E-state index is 5.77. The van der Waals surface area contributed by atoms with Gasteiger partial charge in [0.15, 0.2) is 11.5 Å². The molecule has 0 atom stereocenters. The Bertz CT molecular complexity index is 497. The van der Waals surface area contributed by atoms with Gasteiger partial charge in [0.05, 0.1) is 17.7 Å².